The van der Waals surface area contributed by atoms with Gasteiger partial charge in [-0.2, -0.15) is 0 Å². The van der Waals surface area contributed by atoms with E-state index in [-0.39, 0.29) is 25.2 Å². The van der Waals surface area contributed by atoms with Crippen LogP contribution in [0.3, 0.4) is 0 Å². The molecule has 0 fully saturated rings. The summed E-state index contributed by atoms with van der Waals surface area (Å²) in [6, 6.07) is 4.47. The Morgan fingerprint density at radius 3 is 1.81 bits per heavy atom. The molecule has 0 heterocycles. The molecule has 1 aromatic rings. The number of amides is 4. The molecule has 0 aliphatic rings. The van der Waals surface area contributed by atoms with E-state index in [0.29, 0.717) is 11.4 Å². The van der Waals surface area contributed by atoms with Crippen molar-refractivity contribution in [2.75, 3.05) is 37.8 Å². The molecule has 0 aliphatic carbocycles. The summed E-state index contributed by atoms with van der Waals surface area (Å²) in [5, 5.41) is 25.2. The van der Waals surface area contributed by atoms with Crippen LogP contribution in [0.5, 0.6) is 0 Å². The third-order valence-electron chi connectivity index (χ3n) is 3.67. The van der Waals surface area contributed by atoms with Crippen LogP contribution < -0.4 is 10.6 Å². The predicted octanol–water partition coefficient (Wildman–Crippen LogP) is 2.46. The molecule has 0 saturated heterocycles. The predicted molar refractivity (Wildman–Crippen MR) is 107 cm³/mol. The molecular weight excluding hydrogens is 348 g/mol. The summed E-state index contributed by atoms with van der Waals surface area (Å²) in [7, 11) is 3.19. The van der Waals surface area contributed by atoms with Gasteiger partial charge >= 0.3 is 12.1 Å². The number of aliphatic hydroxyl groups is 2. The minimum absolute atomic E-state index is 0.177. The number of aryl methyl sites for hydroxylation is 1. The fourth-order valence-electron chi connectivity index (χ4n) is 2.57. The first-order chi connectivity index (χ1) is 12.2. The zero-order valence-electron chi connectivity index (χ0n) is 17.3. The lowest BCUT2D eigenvalue weighted by atomic mass is 10.1. The molecule has 0 spiro atoms. The molecule has 152 valence electrons. The van der Waals surface area contributed by atoms with Crippen molar-refractivity contribution in [1.82, 2.24) is 9.80 Å². The first kappa shape index (κ1) is 22.7. The summed E-state index contributed by atoms with van der Waals surface area (Å²) in [5.74, 6) is 0. The van der Waals surface area contributed by atoms with E-state index in [9.17, 15) is 19.8 Å². The number of anilines is 2. The van der Waals surface area contributed by atoms with Crippen LogP contribution in [0.15, 0.2) is 18.2 Å². The van der Waals surface area contributed by atoms with E-state index in [1.807, 2.05) is 6.92 Å². The van der Waals surface area contributed by atoms with Gasteiger partial charge in [0.05, 0.1) is 24.3 Å². The van der Waals surface area contributed by atoms with Gasteiger partial charge in [-0.25, -0.2) is 9.59 Å². The van der Waals surface area contributed by atoms with Gasteiger partial charge in [0.2, 0.25) is 0 Å². The van der Waals surface area contributed by atoms with E-state index < -0.39 is 11.2 Å². The van der Waals surface area contributed by atoms with Crippen molar-refractivity contribution < 1.29 is 19.8 Å². The van der Waals surface area contributed by atoms with Crippen molar-refractivity contribution >= 4 is 23.4 Å². The van der Waals surface area contributed by atoms with Crippen LogP contribution in [0.1, 0.15) is 33.3 Å². The van der Waals surface area contributed by atoms with Crippen molar-refractivity contribution in [1.29, 1.82) is 0 Å². The number of hydrogen-bond donors (Lipinski definition) is 4. The van der Waals surface area contributed by atoms with E-state index in [4.69, 9.17) is 0 Å². The summed E-state index contributed by atoms with van der Waals surface area (Å²) in [4.78, 5) is 27.3. The highest BCUT2D eigenvalue weighted by atomic mass is 16.3. The Morgan fingerprint density at radius 1 is 0.926 bits per heavy atom. The van der Waals surface area contributed by atoms with Gasteiger partial charge in [0, 0.05) is 25.5 Å². The smallest absolute Gasteiger partial charge is 0.321 e. The lowest BCUT2D eigenvalue weighted by Gasteiger charge is -2.26. The number of carbonyl (C=O) groups excluding carboxylic acids is 2. The van der Waals surface area contributed by atoms with Gasteiger partial charge in [-0.05, 0) is 52.3 Å². The van der Waals surface area contributed by atoms with Crippen molar-refractivity contribution in [2.45, 2.75) is 45.8 Å². The molecule has 4 amide bonds. The lowest BCUT2D eigenvalue weighted by Crippen LogP contribution is -2.42. The Bertz CT molecular complexity index is 677. The van der Waals surface area contributed by atoms with Crippen LogP contribution in [0.4, 0.5) is 21.0 Å². The number of likely N-dealkylation sites (N-methyl/N-ethyl adjacent to an activating group) is 2. The molecule has 8 heteroatoms. The van der Waals surface area contributed by atoms with Crippen LogP contribution in [-0.2, 0) is 0 Å². The summed E-state index contributed by atoms with van der Waals surface area (Å²) in [5.41, 5.74) is -0.0759. The van der Waals surface area contributed by atoms with Gasteiger partial charge in [0.25, 0.3) is 0 Å². The average molecular weight is 380 g/mol. The Hall–Kier alpha value is -2.32. The maximum atomic E-state index is 12.3. The summed E-state index contributed by atoms with van der Waals surface area (Å²) >= 11 is 0. The molecule has 0 radical (unpaired) electrons. The second kappa shape index (κ2) is 8.58. The fraction of sp³-hybridized carbons (Fsp3) is 0.579. The molecule has 1 aromatic carbocycles. The molecule has 4 N–H and O–H groups in total. The van der Waals surface area contributed by atoms with Gasteiger partial charge in [-0.3, -0.25) is 0 Å². The first-order valence-corrected chi connectivity index (χ1v) is 8.77. The van der Waals surface area contributed by atoms with Gasteiger partial charge < -0.3 is 30.6 Å². The number of nitrogens with zero attached hydrogens (tertiary/aromatic N) is 2. The van der Waals surface area contributed by atoms with E-state index in [0.717, 1.165) is 5.56 Å². The van der Waals surface area contributed by atoms with E-state index in [1.165, 1.54) is 9.80 Å². The van der Waals surface area contributed by atoms with E-state index in [1.54, 1.807) is 60.0 Å². The molecular formula is C19H32N4O4. The molecule has 1 rings (SSSR count). The maximum Gasteiger partial charge on any atom is 0.321 e. The van der Waals surface area contributed by atoms with Crippen LogP contribution in [0.25, 0.3) is 0 Å². The first-order valence-electron chi connectivity index (χ1n) is 8.77. The van der Waals surface area contributed by atoms with Crippen LogP contribution in [0, 0.1) is 6.92 Å². The van der Waals surface area contributed by atoms with Crippen LogP contribution in [-0.4, -0.2) is 70.5 Å². The molecule has 0 bridgehead atoms. The number of urea groups is 2. The van der Waals surface area contributed by atoms with E-state index in [2.05, 4.69) is 10.6 Å². The maximum absolute atomic E-state index is 12.3. The number of hydrogen-bond acceptors (Lipinski definition) is 4. The zero-order valence-corrected chi connectivity index (χ0v) is 17.3. The number of rotatable bonds is 6. The van der Waals surface area contributed by atoms with E-state index >= 15 is 0 Å². The van der Waals surface area contributed by atoms with Gasteiger partial charge in [0.15, 0.2) is 0 Å². The molecule has 8 nitrogen and oxygen atoms in total. The minimum Gasteiger partial charge on any atom is -0.389 e. The van der Waals surface area contributed by atoms with Crippen LogP contribution in [0.2, 0.25) is 0 Å². The Kier molecular flexibility index (Phi) is 7.22. The highest BCUT2D eigenvalue weighted by molar-refractivity contribution is 5.93. The highest BCUT2D eigenvalue weighted by Crippen LogP contribution is 2.21. The average Bonchev–Trinajstić information content (AvgIpc) is 2.47. The molecule has 27 heavy (non-hydrogen) atoms. The topological polar surface area (TPSA) is 105 Å². The quantitative estimate of drug-likeness (QED) is 0.608. The van der Waals surface area contributed by atoms with Crippen molar-refractivity contribution in [3.8, 4) is 0 Å². The molecule has 0 unspecified atom stereocenters. The summed E-state index contributed by atoms with van der Waals surface area (Å²) < 4.78 is 0. The summed E-state index contributed by atoms with van der Waals surface area (Å²) in [6.45, 7) is 8.70. The molecule has 0 aliphatic heterocycles. The second-order valence-corrected chi connectivity index (χ2v) is 8.23. The van der Waals surface area contributed by atoms with Gasteiger partial charge in [-0.1, -0.05) is 6.07 Å². The third kappa shape index (κ3) is 8.27. The number of carbonyl (C=O) groups is 2. The minimum atomic E-state index is -0.998. The Morgan fingerprint density at radius 2 is 1.37 bits per heavy atom. The molecule has 0 aromatic heterocycles. The Labute approximate surface area is 161 Å². The standard InChI is InChI=1S/C19H32N4O4/c1-13-8-9-14(20-16(24)22(6)11-18(2,3)26)10-15(13)21-17(25)23(7)12-19(4,5)27/h8-10,26-27H,11-12H2,1-7H3,(H,20,24)(H,21,25). The van der Waals surface area contributed by atoms with Gasteiger partial charge in [0.1, 0.15) is 0 Å². The zero-order chi connectivity index (χ0) is 21.0. The SMILES string of the molecule is Cc1ccc(NC(=O)N(C)CC(C)(C)O)cc1NC(=O)N(C)CC(C)(C)O. The summed E-state index contributed by atoms with van der Waals surface area (Å²) in [6.07, 6.45) is 0. The highest BCUT2D eigenvalue weighted by Gasteiger charge is 2.21. The monoisotopic (exact) mass is 380 g/mol. The van der Waals surface area contributed by atoms with Crippen LogP contribution >= 0.6 is 0 Å². The largest absolute Gasteiger partial charge is 0.389 e. The Balaban J connectivity index is 2.82. The van der Waals surface area contributed by atoms with Crippen molar-refractivity contribution in [2.24, 2.45) is 0 Å². The number of benzene rings is 1. The van der Waals surface area contributed by atoms with Gasteiger partial charge in [-0.15, -0.1) is 0 Å². The molecule has 0 atom stereocenters. The lowest BCUT2D eigenvalue weighted by molar-refractivity contribution is 0.0547. The third-order valence-corrected chi connectivity index (χ3v) is 3.67. The van der Waals surface area contributed by atoms with Crippen molar-refractivity contribution in [3.05, 3.63) is 23.8 Å². The fourth-order valence-corrected chi connectivity index (χ4v) is 2.57. The second-order valence-electron chi connectivity index (χ2n) is 8.23. The number of nitrogens with one attached hydrogen (secondary N) is 2. The van der Waals surface area contributed by atoms with Crippen molar-refractivity contribution in [3.63, 3.8) is 0 Å². The normalized spacial score (nSPS) is 11.7. The molecule has 0 saturated carbocycles.